The molecule has 4 rings (SSSR count). The number of nitrogens with zero attached hydrogens (tertiary/aromatic N) is 4. The Morgan fingerprint density at radius 2 is 1.79 bits per heavy atom. The minimum atomic E-state index is -0.537. The molecule has 0 radical (unpaired) electrons. The number of pyridine rings is 2. The molecule has 1 saturated carbocycles. The number of amides is 1. The number of ether oxygens (including phenoxy) is 2. The van der Waals surface area contributed by atoms with Gasteiger partial charge in [-0.2, -0.15) is 0 Å². The summed E-state index contributed by atoms with van der Waals surface area (Å²) in [6.07, 6.45) is 7.56. The molecule has 9 nitrogen and oxygen atoms in total. The van der Waals surface area contributed by atoms with Gasteiger partial charge in [0.25, 0.3) is 0 Å². The second-order valence-corrected chi connectivity index (χ2v) is 11.1. The number of hydrogen-bond acceptors (Lipinski definition) is 8. The third-order valence-electron chi connectivity index (χ3n) is 6.99. The number of aromatic nitrogens is 2. The van der Waals surface area contributed by atoms with Crippen LogP contribution >= 0.6 is 0 Å². The summed E-state index contributed by atoms with van der Waals surface area (Å²) in [5.74, 6) is 1.19. The van der Waals surface area contributed by atoms with Crippen molar-refractivity contribution in [2.45, 2.75) is 78.4 Å². The normalized spacial score (nSPS) is 16.8. The molecule has 9 heteroatoms. The van der Waals surface area contributed by atoms with Gasteiger partial charge in [0.1, 0.15) is 17.2 Å². The zero-order chi connectivity index (χ0) is 27.3. The predicted molar refractivity (Wildman–Crippen MR) is 149 cm³/mol. The van der Waals surface area contributed by atoms with Crippen LogP contribution in [-0.2, 0) is 9.47 Å². The van der Waals surface area contributed by atoms with Crippen LogP contribution in [0.5, 0.6) is 0 Å². The number of nitrogens with one attached hydrogen (secondary N) is 1. The molecular formula is C29H41N5O4. The highest BCUT2D eigenvalue weighted by Gasteiger charge is 2.28. The van der Waals surface area contributed by atoms with Gasteiger partial charge >= 0.3 is 12.1 Å². The van der Waals surface area contributed by atoms with Gasteiger partial charge in [-0.3, -0.25) is 0 Å². The van der Waals surface area contributed by atoms with Crippen molar-refractivity contribution in [1.29, 1.82) is 0 Å². The summed E-state index contributed by atoms with van der Waals surface area (Å²) in [6, 6.07) is 6.17. The van der Waals surface area contributed by atoms with Crippen LogP contribution < -0.4 is 10.2 Å². The summed E-state index contributed by atoms with van der Waals surface area (Å²) in [5.41, 5.74) is 2.31. The molecule has 2 aromatic rings. The summed E-state index contributed by atoms with van der Waals surface area (Å²) >= 11 is 0. The molecule has 3 heterocycles. The second kappa shape index (κ2) is 12.0. The number of carbonyl (C=O) groups is 2. The van der Waals surface area contributed by atoms with E-state index >= 15 is 0 Å². The van der Waals surface area contributed by atoms with Crippen LogP contribution in [0, 0.1) is 6.92 Å². The molecule has 0 aromatic carbocycles. The lowest BCUT2D eigenvalue weighted by Crippen LogP contribution is -2.50. The largest absolute Gasteiger partial charge is 0.462 e. The molecule has 0 spiro atoms. The van der Waals surface area contributed by atoms with E-state index in [1.54, 1.807) is 18.0 Å². The van der Waals surface area contributed by atoms with Gasteiger partial charge in [0, 0.05) is 49.5 Å². The maximum atomic E-state index is 12.9. The molecule has 1 aliphatic carbocycles. The fourth-order valence-electron chi connectivity index (χ4n) is 5.02. The highest BCUT2D eigenvalue weighted by Crippen LogP contribution is 2.30. The molecule has 206 valence electrons. The summed E-state index contributed by atoms with van der Waals surface area (Å²) < 4.78 is 10.9. The number of carbonyl (C=O) groups excluding carboxylic acids is 2. The van der Waals surface area contributed by atoms with Gasteiger partial charge in [0.15, 0.2) is 0 Å². The molecule has 2 fully saturated rings. The number of esters is 1. The fourth-order valence-corrected chi connectivity index (χ4v) is 5.02. The monoisotopic (exact) mass is 523 g/mol. The summed E-state index contributed by atoms with van der Waals surface area (Å²) in [4.78, 5) is 38.9. The zero-order valence-corrected chi connectivity index (χ0v) is 23.4. The van der Waals surface area contributed by atoms with Crippen molar-refractivity contribution in [2.75, 3.05) is 43.0 Å². The number of piperazine rings is 1. The standard InChI is InChI=1S/C29H41N5O4/c1-6-37-27(35)23-19-24(21-12-13-30-25(18-21)31-22-10-8-7-9-11-22)32-26(20(23)2)33-14-16-34(17-15-33)28(36)38-29(3,4)5/h12-13,18-19,22H,6-11,14-17H2,1-5H3,(H,30,31). The molecule has 0 unspecified atom stereocenters. The third kappa shape index (κ3) is 6.94. The van der Waals surface area contributed by atoms with E-state index in [-0.39, 0.29) is 12.1 Å². The van der Waals surface area contributed by atoms with Crippen LogP contribution in [0.3, 0.4) is 0 Å². The lowest BCUT2D eigenvalue weighted by Gasteiger charge is -2.37. The third-order valence-corrected chi connectivity index (χ3v) is 6.99. The van der Waals surface area contributed by atoms with E-state index in [0.717, 1.165) is 35.6 Å². The average molecular weight is 524 g/mol. The predicted octanol–water partition coefficient (Wildman–Crippen LogP) is 5.43. The molecular weight excluding hydrogens is 482 g/mol. The maximum Gasteiger partial charge on any atom is 0.410 e. The van der Waals surface area contributed by atoms with Gasteiger partial charge in [-0.05, 0) is 65.7 Å². The second-order valence-electron chi connectivity index (χ2n) is 11.1. The van der Waals surface area contributed by atoms with E-state index in [1.165, 1.54) is 19.3 Å². The van der Waals surface area contributed by atoms with E-state index in [1.807, 2.05) is 45.9 Å². The first kappa shape index (κ1) is 27.7. The first-order valence-corrected chi connectivity index (χ1v) is 13.8. The minimum absolute atomic E-state index is 0.296. The Morgan fingerprint density at radius 1 is 1.08 bits per heavy atom. The van der Waals surface area contributed by atoms with Gasteiger partial charge in [-0.15, -0.1) is 0 Å². The van der Waals surface area contributed by atoms with E-state index in [9.17, 15) is 9.59 Å². The first-order valence-electron chi connectivity index (χ1n) is 13.8. The molecule has 0 atom stereocenters. The number of rotatable bonds is 6. The van der Waals surface area contributed by atoms with Gasteiger partial charge in [0.05, 0.1) is 17.9 Å². The lowest BCUT2D eigenvalue weighted by atomic mass is 9.95. The van der Waals surface area contributed by atoms with Crippen LogP contribution in [-0.4, -0.2) is 71.4 Å². The number of hydrogen-bond donors (Lipinski definition) is 1. The Labute approximate surface area is 225 Å². The molecule has 1 amide bonds. The highest BCUT2D eigenvalue weighted by atomic mass is 16.6. The fraction of sp³-hybridized carbons (Fsp3) is 0.586. The Kier molecular flexibility index (Phi) is 8.74. The topological polar surface area (TPSA) is 96.9 Å². The Hall–Kier alpha value is -3.36. The summed E-state index contributed by atoms with van der Waals surface area (Å²) in [7, 11) is 0. The van der Waals surface area contributed by atoms with Gasteiger partial charge in [-0.1, -0.05) is 19.3 Å². The van der Waals surface area contributed by atoms with Gasteiger partial charge in [0.2, 0.25) is 0 Å². The van der Waals surface area contributed by atoms with Crippen molar-refractivity contribution in [3.63, 3.8) is 0 Å². The zero-order valence-electron chi connectivity index (χ0n) is 23.4. The van der Waals surface area contributed by atoms with Crippen LogP contribution in [0.4, 0.5) is 16.4 Å². The minimum Gasteiger partial charge on any atom is -0.462 e. The maximum absolute atomic E-state index is 12.9. The Morgan fingerprint density at radius 3 is 2.45 bits per heavy atom. The van der Waals surface area contributed by atoms with Crippen LogP contribution in [0.2, 0.25) is 0 Å². The van der Waals surface area contributed by atoms with Crippen molar-refractivity contribution in [1.82, 2.24) is 14.9 Å². The van der Waals surface area contributed by atoms with E-state index in [0.29, 0.717) is 50.1 Å². The number of anilines is 2. The first-order chi connectivity index (χ1) is 18.1. The Bertz CT molecular complexity index is 1130. The molecule has 2 aromatic heterocycles. The molecule has 38 heavy (non-hydrogen) atoms. The molecule has 1 saturated heterocycles. The molecule has 1 aliphatic heterocycles. The van der Waals surface area contributed by atoms with Crippen molar-refractivity contribution in [3.8, 4) is 11.3 Å². The molecule has 2 aliphatic rings. The van der Waals surface area contributed by atoms with Crippen molar-refractivity contribution in [3.05, 3.63) is 35.5 Å². The van der Waals surface area contributed by atoms with E-state index in [4.69, 9.17) is 14.5 Å². The van der Waals surface area contributed by atoms with E-state index in [2.05, 4.69) is 15.2 Å². The quantitative estimate of drug-likeness (QED) is 0.501. The molecule has 1 N–H and O–H groups in total. The van der Waals surface area contributed by atoms with Gasteiger partial charge < -0.3 is 24.6 Å². The summed E-state index contributed by atoms with van der Waals surface area (Å²) in [6.45, 7) is 11.8. The van der Waals surface area contributed by atoms with Crippen LogP contribution in [0.1, 0.15) is 75.7 Å². The molecule has 0 bridgehead atoms. The lowest BCUT2D eigenvalue weighted by molar-refractivity contribution is 0.0240. The van der Waals surface area contributed by atoms with Crippen LogP contribution in [0.25, 0.3) is 11.3 Å². The smallest absolute Gasteiger partial charge is 0.410 e. The highest BCUT2D eigenvalue weighted by molar-refractivity contribution is 5.94. The average Bonchev–Trinajstić information content (AvgIpc) is 2.89. The van der Waals surface area contributed by atoms with Crippen molar-refractivity contribution in [2.24, 2.45) is 0 Å². The van der Waals surface area contributed by atoms with Crippen molar-refractivity contribution >= 4 is 23.7 Å². The Balaban J connectivity index is 1.60. The van der Waals surface area contributed by atoms with Gasteiger partial charge in [-0.25, -0.2) is 19.6 Å². The van der Waals surface area contributed by atoms with E-state index < -0.39 is 5.60 Å². The summed E-state index contributed by atoms with van der Waals surface area (Å²) in [5, 5.41) is 3.58. The van der Waals surface area contributed by atoms with Crippen LogP contribution in [0.15, 0.2) is 24.4 Å². The van der Waals surface area contributed by atoms with Crippen molar-refractivity contribution < 1.29 is 19.1 Å². The SMILES string of the molecule is CCOC(=O)c1cc(-c2ccnc(NC3CCCCC3)c2)nc(N2CCN(C(=O)OC(C)(C)C)CC2)c1C.